The minimum Gasteiger partial charge on any atom is -0.308 e. The number of nitrogens with zero attached hydrogens (tertiary/aromatic N) is 1. The molecule has 0 atom stereocenters. The van der Waals surface area contributed by atoms with Crippen molar-refractivity contribution in [3.05, 3.63) is 90.5 Å². The predicted molar refractivity (Wildman–Crippen MR) is 132 cm³/mol. The number of hydrogen-bond donors (Lipinski definition) is 0. The highest BCUT2D eigenvalue weighted by Crippen LogP contribution is 2.42. The van der Waals surface area contributed by atoms with Crippen LogP contribution in [0.2, 0.25) is 0 Å². The number of hydrogen-bond acceptors (Lipinski definition) is 1. The minimum absolute atomic E-state index is 0.151. The van der Waals surface area contributed by atoms with E-state index in [2.05, 4.69) is 110 Å². The molecule has 6 rings (SSSR count). The SMILES string of the molecule is CC(C)(C)c1ccc(-n2c3ccccc3c3ccc4c5ccccc5sc4c32)cc1. The summed E-state index contributed by atoms with van der Waals surface area (Å²) >= 11 is 1.90. The molecule has 0 aliphatic rings. The molecular formula is C28H23NS. The lowest BCUT2D eigenvalue weighted by atomic mass is 9.87. The van der Waals surface area contributed by atoms with Crippen LogP contribution in [0, 0.1) is 0 Å². The van der Waals surface area contributed by atoms with Gasteiger partial charge in [-0.2, -0.15) is 0 Å². The zero-order chi connectivity index (χ0) is 20.5. The second-order valence-electron chi connectivity index (χ2n) is 9.09. The molecule has 2 heterocycles. The predicted octanol–water partition coefficient (Wildman–Crippen LogP) is 8.45. The van der Waals surface area contributed by atoms with Crippen LogP contribution in [0.15, 0.2) is 84.9 Å². The van der Waals surface area contributed by atoms with Crippen molar-refractivity contribution in [1.82, 2.24) is 4.57 Å². The Kier molecular flexibility index (Phi) is 3.66. The van der Waals surface area contributed by atoms with Crippen LogP contribution in [0.3, 0.4) is 0 Å². The average Bonchev–Trinajstić information content (AvgIpc) is 3.29. The topological polar surface area (TPSA) is 4.93 Å². The normalized spacial score (nSPS) is 12.5. The van der Waals surface area contributed by atoms with Gasteiger partial charge in [0.25, 0.3) is 0 Å². The van der Waals surface area contributed by atoms with Gasteiger partial charge in [-0.05, 0) is 35.2 Å². The monoisotopic (exact) mass is 405 g/mol. The van der Waals surface area contributed by atoms with Crippen molar-refractivity contribution in [3.8, 4) is 5.69 Å². The molecule has 0 saturated carbocycles. The van der Waals surface area contributed by atoms with Crippen molar-refractivity contribution in [1.29, 1.82) is 0 Å². The molecule has 0 aliphatic carbocycles. The molecule has 1 nitrogen and oxygen atoms in total. The minimum atomic E-state index is 0.151. The molecule has 2 aromatic heterocycles. The Morgan fingerprint density at radius 1 is 0.633 bits per heavy atom. The van der Waals surface area contributed by atoms with E-state index < -0.39 is 0 Å². The molecule has 0 bridgehead atoms. The van der Waals surface area contributed by atoms with Gasteiger partial charge in [-0.25, -0.2) is 0 Å². The quantitative estimate of drug-likeness (QED) is 0.258. The van der Waals surface area contributed by atoms with Gasteiger partial charge in [0.15, 0.2) is 0 Å². The molecule has 0 fully saturated rings. The van der Waals surface area contributed by atoms with Gasteiger partial charge in [0.2, 0.25) is 0 Å². The van der Waals surface area contributed by atoms with Crippen molar-refractivity contribution in [2.75, 3.05) is 0 Å². The molecule has 0 spiro atoms. The van der Waals surface area contributed by atoms with Crippen molar-refractivity contribution in [2.45, 2.75) is 26.2 Å². The van der Waals surface area contributed by atoms with E-state index in [9.17, 15) is 0 Å². The maximum absolute atomic E-state index is 2.45. The summed E-state index contributed by atoms with van der Waals surface area (Å²) in [5.74, 6) is 0. The fourth-order valence-corrected chi connectivity index (χ4v) is 5.85. The average molecular weight is 406 g/mol. The van der Waals surface area contributed by atoms with Gasteiger partial charge in [-0.3, -0.25) is 0 Å². The molecule has 0 N–H and O–H groups in total. The Morgan fingerprint density at radius 2 is 1.30 bits per heavy atom. The molecule has 4 aromatic carbocycles. The van der Waals surface area contributed by atoms with Gasteiger partial charge in [0.1, 0.15) is 0 Å². The molecule has 2 heteroatoms. The van der Waals surface area contributed by atoms with Crippen molar-refractivity contribution < 1.29 is 0 Å². The molecule has 146 valence electrons. The molecule has 30 heavy (non-hydrogen) atoms. The highest BCUT2D eigenvalue weighted by atomic mass is 32.1. The van der Waals surface area contributed by atoms with Gasteiger partial charge in [0.05, 0.1) is 15.7 Å². The first kappa shape index (κ1) is 17.7. The summed E-state index contributed by atoms with van der Waals surface area (Å²) in [6, 6.07) is 31.2. The Morgan fingerprint density at radius 3 is 2.07 bits per heavy atom. The number of fused-ring (bicyclic) bond motifs is 7. The van der Waals surface area contributed by atoms with E-state index in [-0.39, 0.29) is 5.41 Å². The van der Waals surface area contributed by atoms with Crippen LogP contribution in [0.1, 0.15) is 26.3 Å². The van der Waals surface area contributed by atoms with E-state index in [0.717, 1.165) is 0 Å². The Labute approximate surface area is 180 Å². The third-order valence-electron chi connectivity index (χ3n) is 6.17. The van der Waals surface area contributed by atoms with Crippen LogP contribution >= 0.6 is 11.3 Å². The summed E-state index contributed by atoms with van der Waals surface area (Å²) in [7, 11) is 0. The van der Waals surface area contributed by atoms with Crippen LogP contribution < -0.4 is 0 Å². The number of benzene rings is 4. The first-order valence-corrected chi connectivity index (χ1v) is 11.3. The van der Waals surface area contributed by atoms with Gasteiger partial charge >= 0.3 is 0 Å². The van der Waals surface area contributed by atoms with Crippen LogP contribution in [0.25, 0.3) is 47.7 Å². The lowest BCUT2D eigenvalue weighted by Gasteiger charge is -2.19. The van der Waals surface area contributed by atoms with Crippen molar-refractivity contribution in [2.24, 2.45) is 0 Å². The van der Waals surface area contributed by atoms with Crippen molar-refractivity contribution >= 4 is 53.3 Å². The first-order chi connectivity index (χ1) is 14.5. The number of rotatable bonds is 1. The zero-order valence-corrected chi connectivity index (χ0v) is 18.3. The highest BCUT2D eigenvalue weighted by molar-refractivity contribution is 7.26. The number of aromatic nitrogens is 1. The van der Waals surface area contributed by atoms with E-state index in [1.165, 1.54) is 53.2 Å². The molecule has 0 saturated heterocycles. The second-order valence-corrected chi connectivity index (χ2v) is 10.1. The summed E-state index contributed by atoms with van der Waals surface area (Å²) in [5.41, 5.74) is 5.32. The summed E-state index contributed by atoms with van der Waals surface area (Å²) < 4.78 is 5.17. The van der Waals surface area contributed by atoms with Crippen LogP contribution in [-0.2, 0) is 5.41 Å². The second kappa shape index (κ2) is 6.20. The molecular weight excluding hydrogens is 382 g/mol. The van der Waals surface area contributed by atoms with Gasteiger partial charge in [0, 0.05) is 31.9 Å². The third-order valence-corrected chi connectivity index (χ3v) is 7.36. The summed E-state index contributed by atoms with van der Waals surface area (Å²) in [5, 5.41) is 5.33. The zero-order valence-electron chi connectivity index (χ0n) is 17.4. The smallest absolute Gasteiger partial charge is 0.0719 e. The maximum atomic E-state index is 2.45. The molecule has 0 aliphatic heterocycles. The largest absolute Gasteiger partial charge is 0.308 e. The summed E-state index contributed by atoms with van der Waals surface area (Å²) in [4.78, 5) is 0. The third kappa shape index (κ3) is 2.47. The van der Waals surface area contributed by atoms with Crippen LogP contribution in [0.4, 0.5) is 0 Å². The maximum Gasteiger partial charge on any atom is 0.0719 e. The van der Waals surface area contributed by atoms with E-state index in [0.29, 0.717) is 0 Å². The molecule has 0 amide bonds. The van der Waals surface area contributed by atoms with Crippen molar-refractivity contribution in [3.63, 3.8) is 0 Å². The van der Waals surface area contributed by atoms with E-state index in [1.54, 1.807) is 0 Å². The first-order valence-electron chi connectivity index (χ1n) is 10.5. The fraction of sp³-hybridized carbons (Fsp3) is 0.143. The van der Waals surface area contributed by atoms with Crippen LogP contribution in [0.5, 0.6) is 0 Å². The van der Waals surface area contributed by atoms with Gasteiger partial charge in [-0.1, -0.05) is 81.4 Å². The summed E-state index contributed by atoms with van der Waals surface area (Å²) in [6.07, 6.45) is 0. The van der Waals surface area contributed by atoms with E-state index >= 15 is 0 Å². The Hall–Kier alpha value is -3.10. The standard InChI is InChI=1S/C28H23NS/c1-28(2,3)18-12-14-19(15-13-18)29-24-10-6-4-8-20(24)22-16-17-23-21-9-5-7-11-25(21)30-27(23)26(22)29/h4-17H,1-3H3. The Balaban J connectivity index is 1.77. The van der Waals surface area contributed by atoms with E-state index in [1.807, 2.05) is 11.3 Å². The number of thiophene rings is 1. The lowest BCUT2D eigenvalue weighted by molar-refractivity contribution is 0.590. The molecule has 0 radical (unpaired) electrons. The lowest BCUT2D eigenvalue weighted by Crippen LogP contribution is -2.10. The van der Waals surface area contributed by atoms with E-state index in [4.69, 9.17) is 0 Å². The highest BCUT2D eigenvalue weighted by Gasteiger charge is 2.18. The van der Waals surface area contributed by atoms with Gasteiger partial charge < -0.3 is 4.57 Å². The van der Waals surface area contributed by atoms with Crippen LogP contribution in [-0.4, -0.2) is 4.57 Å². The molecule has 0 unspecified atom stereocenters. The summed E-state index contributed by atoms with van der Waals surface area (Å²) in [6.45, 7) is 6.80. The number of para-hydroxylation sites is 1. The van der Waals surface area contributed by atoms with Gasteiger partial charge in [-0.15, -0.1) is 11.3 Å². The Bertz CT molecular complexity index is 1560. The molecule has 6 aromatic rings. The fourth-order valence-electron chi connectivity index (χ4n) is 4.61.